The molecule has 0 rings (SSSR count). The number of carboxylic acids is 1. The van der Waals surface area contributed by atoms with Gasteiger partial charge in [0.2, 0.25) is 0 Å². The third-order valence-electron chi connectivity index (χ3n) is 6.20. The zero-order valence-corrected chi connectivity index (χ0v) is 20.9. The second-order valence-electron chi connectivity index (χ2n) is 10.1. The Bertz CT molecular complexity index is 412. The number of quaternary nitrogens is 1. The number of hydrogen-bond acceptors (Lipinski definition) is 2. The molecule has 0 spiro atoms. The van der Waals surface area contributed by atoms with Gasteiger partial charge in [-0.1, -0.05) is 103 Å². The van der Waals surface area contributed by atoms with E-state index in [1.165, 1.54) is 103 Å². The number of carboxylic acid groups (broad SMARTS) is 1. The number of aliphatic carboxylic acids is 1. The highest BCUT2D eigenvalue weighted by molar-refractivity contribution is 5.69. The second kappa shape index (κ2) is 20.1. The van der Waals surface area contributed by atoms with Gasteiger partial charge in [-0.05, 0) is 32.1 Å². The number of carbonyl (C=O) groups excluding carboxylic acids is 1. The maximum absolute atomic E-state index is 11.2. The first-order valence-electron chi connectivity index (χ1n) is 13.1. The Hall–Kier alpha value is -0.830. The molecule has 0 aromatic heterocycles. The summed E-state index contributed by atoms with van der Waals surface area (Å²) in [5, 5.41) is 11.2. The predicted molar refractivity (Wildman–Crippen MR) is 129 cm³/mol. The summed E-state index contributed by atoms with van der Waals surface area (Å²) in [6.45, 7) is 2.28. The smallest absolute Gasteiger partial charge is 0.129 e. The van der Waals surface area contributed by atoms with Gasteiger partial charge >= 0.3 is 0 Å². The first-order chi connectivity index (χ1) is 14.4. The molecule has 0 radical (unpaired) electrons. The topological polar surface area (TPSA) is 40.1 Å². The Morgan fingerprint density at radius 3 is 1.40 bits per heavy atom. The van der Waals surface area contributed by atoms with Gasteiger partial charge in [0.05, 0.1) is 27.1 Å². The third kappa shape index (κ3) is 19.2. The van der Waals surface area contributed by atoms with E-state index in [1.54, 1.807) is 0 Å². The molecule has 0 aliphatic carbocycles. The maximum atomic E-state index is 11.2. The van der Waals surface area contributed by atoms with Crippen LogP contribution in [0.25, 0.3) is 0 Å². The summed E-state index contributed by atoms with van der Waals surface area (Å²) in [6.07, 6.45) is 29.2. The van der Waals surface area contributed by atoms with E-state index in [9.17, 15) is 9.90 Å². The molecule has 0 heterocycles. The van der Waals surface area contributed by atoms with E-state index < -0.39 is 5.97 Å². The molecule has 3 nitrogen and oxygen atoms in total. The largest absolute Gasteiger partial charge is 0.544 e. The fourth-order valence-electron chi connectivity index (χ4n) is 4.11. The molecular weight excluding hydrogens is 370 g/mol. The monoisotopic (exact) mass is 423 g/mol. The van der Waals surface area contributed by atoms with Crippen molar-refractivity contribution in [3.8, 4) is 0 Å². The van der Waals surface area contributed by atoms with Crippen LogP contribution in [-0.2, 0) is 4.79 Å². The number of likely N-dealkylation sites (N-methyl/N-ethyl adjacent to an activating group) is 1. The van der Waals surface area contributed by atoms with Crippen LogP contribution in [0.2, 0.25) is 0 Å². The molecule has 0 N–H and O–H groups in total. The van der Waals surface area contributed by atoms with E-state index in [4.69, 9.17) is 0 Å². The molecule has 0 aromatic rings. The van der Waals surface area contributed by atoms with Crippen molar-refractivity contribution < 1.29 is 14.4 Å². The van der Waals surface area contributed by atoms with Crippen molar-refractivity contribution in [1.82, 2.24) is 0 Å². The highest BCUT2D eigenvalue weighted by atomic mass is 16.4. The van der Waals surface area contributed by atoms with Crippen LogP contribution in [0.1, 0.15) is 129 Å². The first kappa shape index (κ1) is 29.2. The Labute approximate surface area is 188 Å². The maximum Gasteiger partial charge on any atom is 0.129 e. The van der Waals surface area contributed by atoms with E-state index in [0.717, 1.165) is 19.3 Å². The minimum atomic E-state index is -0.907. The lowest BCUT2D eigenvalue weighted by molar-refractivity contribution is -0.889. The summed E-state index contributed by atoms with van der Waals surface area (Å²) < 4.78 is 0.456. The van der Waals surface area contributed by atoms with Crippen molar-refractivity contribution in [3.05, 3.63) is 12.2 Å². The second-order valence-corrected chi connectivity index (χ2v) is 10.1. The minimum absolute atomic E-state index is 0.379. The predicted octanol–water partition coefficient (Wildman–Crippen LogP) is 6.80. The lowest BCUT2D eigenvalue weighted by Crippen LogP contribution is -2.54. The van der Waals surface area contributed by atoms with Gasteiger partial charge in [-0.25, -0.2) is 0 Å². The molecule has 0 aliphatic heterocycles. The molecule has 0 fully saturated rings. The van der Waals surface area contributed by atoms with Crippen molar-refractivity contribution in [3.63, 3.8) is 0 Å². The van der Waals surface area contributed by atoms with Gasteiger partial charge in [0.25, 0.3) is 0 Å². The number of rotatable bonds is 22. The SMILES string of the molecule is CCCCCCCC/C=C\CCCCCCCCCCCCC(C(=O)[O-])[N+](C)(C)C. The van der Waals surface area contributed by atoms with Gasteiger partial charge in [-0.3, -0.25) is 0 Å². The molecule has 0 bridgehead atoms. The zero-order valence-electron chi connectivity index (χ0n) is 20.9. The number of nitrogens with zero attached hydrogens (tertiary/aromatic N) is 1. The van der Waals surface area contributed by atoms with Gasteiger partial charge in [0, 0.05) is 6.42 Å². The molecule has 0 aliphatic rings. The van der Waals surface area contributed by atoms with Crippen LogP contribution >= 0.6 is 0 Å². The minimum Gasteiger partial charge on any atom is -0.544 e. The average Bonchev–Trinajstić information content (AvgIpc) is 2.68. The summed E-state index contributed by atoms with van der Waals surface area (Å²) in [7, 11) is 5.81. The molecular formula is C27H53NO2. The van der Waals surface area contributed by atoms with Crippen LogP contribution in [0.15, 0.2) is 12.2 Å². The molecule has 0 saturated carbocycles. The van der Waals surface area contributed by atoms with Crippen LogP contribution in [0.3, 0.4) is 0 Å². The Morgan fingerprint density at radius 1 is 0.667 bits per heavy atom. The van der Waals surface area contributed by atoms with Gasteiger partial charge in [-0.2, -0.15) is 0 Å². The van der Waals surface area contributed by atoms with Gasteiger partial charge in [0.1, 0.15) is 6.04 Å². The molecule has 30 heavy (non-hydrogen) atoms. The Balaban J connectivity index is 3.31. The lowest BCUT2D eigenvalue weighted by Gasteiger charge is -2.34. The number of allylic oxidation sites excluding steroid dienone is 2. The van der Waals surface area contributed by atoms with Crippen molar-refractivity contribution in [1.29, 1.82) is 0 Å². The molecule has 1 atom stereocenters. The zero-order chi connectivity index (χ0) is 22.5. The van der Waals surface area contributed by atoms with Crippen LogP contribution in [0.4, 0.5) is 0 Å². The lowest BCUT2D eigenvalue weighted by atomic mass is 10.0. The number of carbonyl (C=O) groups is 1. The fraction of sp³-hybridized carbons (Fsp3) is 0.889. The third-order valence-corrected chi connectivity index (χ3v) is 6.20. The number of unbranched alkanes of at least 4 members (excludes halogenated alkanes) is 16. The highest BCUT2D eigenvalue weighted by Gasteiger charge is 2.24. The van der Waals surface area contributed by atoms with Crippen molar-refractivity contribution in [2.75, 3.05) is 21.1 Å². The molecule has 3 heteroatoms. The van der Waals surface area contributed by atoms with Crippen molar-refractivity contribution in [2.45, 2.75) is 135 Å². The quantitative estimate of drug-likeness (QED) is 0.109. The molecule has 1 unspecified atom stereocenters. The standard InChI is InChI=1S/C27H53NO2/c1-5-6-7-8-9-10-11-12-13-14-15-16-17-18-19-20-21-22-23-24-25-26(27(29)30)28(2,3)4/h12-13,26H,5-11,14-25H2,1-4H3/b13-12-. The van der Waals surface area contributed by atoms with E-state index in [-0.39, 0.29) is 6.04 Å². The van der Waals surface area contributed by atoms with Gasteiger partial charge in [-0.15, -0.1) is 0 Å². The normalized spacial score (nSPS) is 13.2. The van der Waals surface area contributed by atoms with Crippen LogP contribution in [0.5, 0.6) is 0 Å². The molecule has 178 valence electrons. The summed E-state index contributed by atoms with van der Waals surface area (Å²) >= 11 is 0. The van der Waals surface area contributed by atoms with Gasteiger partial charge in [0.15, 0.2) is 0 Å². The van der Waals surface area contributed by atoms with Crippen LogP contribution in [-0.4, -0.2) is 37.6 Å². The summed E-state index contributed by atoms with van der Waals surface area (Å²) in [5.74, 6) is -0.907. The first-order valence-corrected chi connectivity index (χ1v) is 13.1. The van der Waals surface area contributed by atoms with Crippen LogP contribution in [0, 0.1) is 0 Å². The fourth-order valence-corrected chi connectivity index (χ4v) is 4.11. The average molecular weight is 424 g/mol. The van der Waals surface area contributed by atoms with Crippen molar-refractivity contribution in [2.24, 2.45) is 0 Å². The summed E-state index contributed by atoms with van der Waals surface area (Å²) in [4.78, 5) is 11.2. The number of hydrogen-bond donors (Lipinski definition) is 0. The van der Waals surface area contributed by atoms with E-state index in [0.29, 0.717) is 4.48 Å². The molecule has 0 aromatic carbocycles. The van der Waals surface area contributed by atoms with Crippen LogP contribution < -0.4 is 5.11 Å². The summed E-state index contributed by atoms with van der Waals surface area (Å²) in [5.41, 5.74) is 0. The highest BCUT2D eigenvalue weighted by Crippen LogP contribution is 2.15. The molecule has 0 saturated heterocycles. The molecule has 0 amide bonds. The Kier molecular flexibility index (Phi) is 19.5. The summed E-state index contributed by atoms with van der Waals surface area (Å²) in [6, 6.07) is -0.379. The van der Waals surface area contributed by atoms with E-state index in [1.807, 2.05) is 21.1 Å². The van der Waals surface area contributed by atoms with Gasteiger partial charge < -0.3 is 14.4 Å². The Morgan fingerprint density at radius 2 is 1.03 bits per heavy atom. The van der Waals surface area contributed by atoms with E-state index in [2.05, 4.69) is 19.1 Å². The van der Waals surface area contributed by atoms with Crippen molar-refractivity contribution >= 4 is 5.97 Å². The van der Waals surface area contributed by atoms with E-state index >= 15 is 0 Å².